The number of carbonyl (C=O) groups is 1. The van der Waals surface area contributed by atoms with Crippen molar-refractivity contribution in [1.82, 2.24) is 0 Å². The van der Waals surface area contributed by atoms with Crippen LogP contribution in [0.25, 0.3) is 0 Å². The molecule has 0 fully saturated rings. The predicted octanol–water partition coefficient (Wildman–Crippen LogP) is 3.81. The van der Waals surface area contributed by atoms with Gasteiger partial charge in [-0.1, -0.05) is 58.0 Å². The van der Waals surface area contributed by atoms with Gasteiger partial charge in [-0.3, -0.25) is 0 Å². The molecule has 0 saturated carbocycles. The Morgan fingerprint density at radius 2 is 1.75 bits per heavy atom. The highest BCUT2D eigenvalue weighted by atomic mass is 28.3. The van der Waals surface area contributed by atoms with Crippen LogP contribution in [0.2, 0.25) is 0 Å². The van der Waals surface area contributed by atoms with Crippen LogP contribution in [0.4, 0.5) is 0 Å². The second-order valence-corrected chi connectivity index (χ2v) is 7.18. The van der Waals surface area contributed by atoms with Crippen molar-refractivity contribution in [2.45, 2.75) is 52.6 Å². The van der Waals surface area contributed by atoms with Gasteiger partial charge in [0.05, 0.1) is 0 Å². The fourth-order valence-corrected chi connectivity index (χ4v) is 4.16. The summed E-state index contributed by atoms with van der Waals surface area (Å²) in [5.74, 6) is -0.402. The van der Waals surface area contributed by atoms with Crippen molar-refractivity contribution < 1.29 is 18.4 Å². The molecule has 1 aromatic carbocycles. The second-order valence-electron chi connectivity index (χ2n) is 5.49. The van der Waals surface area contributed by atoms with Gasteiger partial charge in [0.15, 0.2) is 0 Å². The standard InChI is InChI=1S/C19H29O4Si/c1-5-11-17(23-19(20)8-4)16-12-9-10-13-18(16)24(21-14-6-2)22-15-7-3/h8-10,12-13,17H,4-7,11,14-15H2,1-3H3. The molecule has 0 N–H and O–H groups in total. The van der Waals surface area contributed by atoms with Crippen LogP contribution in [0.1, 0.15) is 58.1 Å². The van der Waals surface area contributed by atoms with E-state index in [-0.39, 0.29) is 6.10 Å². The van der Waals surface area contributed by atoms with Crippen LogP contribution in [-0.2, 0) is 18.4 Å². The Balaban J connectivity index is 3.11. The molecule has 0 heterocycles. The van der Waals surface area contributed by atoms with E-state index in [2.05, 4.69) is 27.4 Å². The van der Waals surface area contributed by atoms with E-state index >= 15 is 0 Å². The molecule has 0 saturated heterocycles. The van der Waals surface area contributed by atoms with Crippen LogP contribution >= 0.6 is 0 Å². The van der Waals surface area contributed by atoms with Gasteiger partial charge in [0, 0.05) is 24.5 Å². The maximum atomic E-state index is 11.7. The number of ether oxygens (including phenoxy) is 1. The van der Waals surface area contributed by atoms with E-state index in [1.165, 1.54) is 6.08 Å². The Kier molecular flexibility index (Phi) is 10.3. The van der Waals surface area contributed by atoms with Crippen molar-refractivity contribution in [3.63, 3.8) is 0 Å². The molecule has 1 rings (SSSR count). The highest BCUT2D eigenvalue weighted by molar-refractivity contribution is 6.61. The van der Waals surface area contributed by atoms with Crippen LogP contribution in [0.5, 0.6) is 0 Å². The molecular weight excluding hydrogens is 320 g/mol. The van der Waals surface area contributed by atoms with E-state index < -0.39 is 15.3 Å². The number of esters is 1. The van der Waals surface area contributed by atoms with Crippen LogP contribution in [0, 0.1) is 0 Å². The average molecular weight is 350 g/mol. The van der Waals surface area contributed by atoms with Gasteiger partial charge in [0.2, 0.25) is 0 Å². The Labute approximate surface area is 147 Å². The van der Waals surface area contributed by atoms with Crippen LogP contribution in [-0.4, -0.2) is 28.5 Å². The van der Waals surface area contributed by atoms with E-state index in [4.69, 9.17) is 13.6 Å². The van der Waals surface area contributed by atoms with Gasteiger partial charge >= 0.3 is 15.3 Å². The zero-order valence-corrected chi connectivity index (χ0v) is 16.0. The minimum Gasteiger partial charge on any atom is -0.454 e. The first-order chi connectivity index (χ1) is 11.7. The molecule has 1 atom stereocenters. The molecule has 0 aliphatic rings. The lowest BCUT2D eigenvalue weighted by molar-refractivity contribution is -0.143. The molecule has 4 nitrogen and oxygen atoms in total. The third kappa shape index (κ3) is 6.59. The van der Waals surface area contributed by atoms with Crippen molar-refractivity contribution in [2.24, 2.45) is 0 Å². The Hall–Kier alpha value is -1.43. The number of benzene rings is 1. The maximum absolute atomic E-state index is 11.7. The average Bonchev–Trinajstić information content (AvgIpc) is 2.61. The minimum atomic E-state index is -1.60. The zero-order valence-electron chi connectivity index (χ0n) is 15.0. The lowest BCUT2D eigenvalue weighted by atomic mass is 10.1. The van der Waals surface area contributed by atoms with Crippen LogP contribution in [0.15, 0.2) is 36.9 Å². The molecular formula is C19H29O4Si. The first kappa shape index (κ1) is 20.6. The van der Waals surface area contributed by atoms with E-state index in [0.29, 0.717) is 13.2 Å². The molecule has 0 aromatic heterocycles. The summed E-state index contributed by atoms with van der Waals surface area (Å²) in [4.78, 5) is 11.7. The summed E-state index contributed by atoms with van der Waals surface area (Å²) in [5.41, 5.74) is 0.982. The lowest BCUT2D eigenvalue weighted by Crippen LogP contribution is -2.40. The highest BCUT2D eigenvalue weighted by Crippen LogP contribution is 2.22. The molecule has 24 heavy (non-hydrogen) atoms. The summed E-state index contributed by atoms with van der Waals surface area (Å²) in [6.45, 7) is 11.1. The summed E-state index contributed by atoms with van der Waals surface area (Å²) in [5, 5.41) is 1.03. The Morgan fingerprint density at radius 1 is 1.12 bits per heavy atom. The van der Waals surface area contributed by atoms with Gasteiger partial charge in [-0.25, -0.2) is 4.79 Å². The van der Waals surface area contributed by atoms with Crippen LogP contribution < -0.4 is 5.19 Å². The fraction of sp³-hybridized carbons (Fsp3) is 0.526. The third-order valence-corrected chi connectivity index (χ3v) is 5.21. The summed E-state index contributed by atoms with van der Waals surface area (Å²) in [7, 11) is -1.60. The van der Waals surface area contributed by atoms with Crippen molar-refractivity contribution in [3.05, 3.63) is 42.5 Å². The van der Waals surface area contributed by atoms with E-state index in [9.17, 15) is 4.79 Å². The monoisotopic (exact) mass is 349 g/mol. The lowest BCUT2D eigenvalue weighted by Gasteiger charge is -2.23. The molecule has 0 bridgehead atoms. The summed E-state index contributed by atoms with van der Waals surface area (Å²) < 4.78 is 17.6. The molecule has 5 heteroatoms. The number of carbonyl (C=O) groups excluding carboxylic acids is 1. The highest BCUT2D eigenvalue weighted by Gasteiger charge is 2.27. The van der Waals surface area contributed by atoms with Crippen molar-refractivity contribution in [1.29, 1.82) is 0 Å². The number of hydrogen-bond donors (Lipinski definition) is 0. The summed E-state index contributed by atoms with van der Waals surface area (Å²) in [6, 6.07) is 7.97. The quantitative estimate of drug-likeness (QED) is 0.327. The van der Waals surface area contributed by atoms with Gasteiger partial charge in [-0.15, -0.1) is 0 Å². The molecule has 1 radical (unpaired) electrons. The smallest absolute Gasteiger partial charge is 0.424 e. The normalized spacial score (nSPS) is 12.2. The van der Waals surface area contributed by atoms with E-state index in [1.807, 2.05) is 24.3 Å². The summed E-state index contributed by atoms with van der Waals surface area (Å²) >= 11 is 0. The van der Waals surface area contributed by atoms with Gasteiger partial charge in [0.25, 0.3) is 0 Å². The summed E-state index contributed by atoms with van der Waals surface area (Å²) in [6.07, 6.45) is 4.46. The minimum absolute atomic E-state index is 0.299. The first-order valence-electron chi connectivity index (χ1n) is 8.72. The van der Waals surface area contributed by atoms with Gasteiger partial charge in [-0.2, -0.15) is 0 Å². The maximum Gasteiger partial charge on any atom is 0.424 e. The predicted molar refractivity (Wildman–Crippen MR) is 98.3 cm³/mol. The van der Waals surface area contributed by atoms with Crippen molar-refractivity contribution >= 4 is 20.4 Å². The molecule has 1 aromatic rings. The number of rotatable bonds is 12. The topological polar surface area (TPSA) is 44.8 Å². The molecule has 0 spiro atoms. The molecule has 0 amide bonds. The first-order valence-corrected chi connectivity index (χ1v) is 10.0. The Morgan fingerprint density at radius 3 is 2.29 bits per heavy atom. The third-order valence-electron chi connectivity index (χ3n) is 3.38. The van der Waals surface area contributed by atoms with Crippen LogP contribution in [0.3, 0.4) is 0 Å². The SMILES string of the molecule is C=CC(=O)OC(CCC)c1ccccc1[Si](OCCC)OCCC. The fourth-order valence-electron chi connectivity index (χ4n) is 2.28. The molecule has 0 aliphatic carbocycles. The van der Waals surface area contributed by atoms with Gasteiger partial charge < -0.3 is 13.6 Å². The van der Waals surface area contributed by atoms with Gasteiger partial charge in [-0.05, 0) is 24.8 Å². The zero-order chi connectivity index (χ0) is 17.8. The van der Waals surface area contributed by atoms with E-state index in [0.717, 1.165) is 36.4 Å². The molecule has 133 valence electrons. The number of hydrogen-bond acceptors (Lipinski definition) is 4. The van der Waals surface area contributed by atoms with Crippen molar-refractivity contribution in [3.8, 4) is 0 Å². The largest absolute Gasteiger partial charge is 0.454 e. The van der Waals surface area contributed by atoms with Crippen molar-refractivity contribution in [2.75, 3.05) is 13.2 Å². The molecule has 1 unspecified atom stereocenters. The van der Waals surface area contributed by atoms with E-state index in [1.54, 1.807) is 0 Å². The van der Waals surface area contributed by atoms with Gasteiger partial charge in [0.1, 0.15) is 6.10 Å². The second kappa shape index (κ2) is 12.0. The molecule has 0 aliphatic heterocycles. The Bertz CT molecular complexity index is 496.